The summed E-state index contributed by atoms with van der Waals surface area (Å²) in [6.45, 7) is 1.93. The van der Waals surface area contributed by atoms with E-state index in [0.717, 1.165) is 22.0 Å². The summed E-state index contributed by atoms with van der Waals surface area (Å²) in [5.41, 5.74) is 9.67. The Hall–Kier alpha value is -3.72. The topological polar surface area (TPSA) is 102 Å². The van der Waals surface area contributed by atoms with Gasteiger partial charge in [0.05, 0.1) is 11.8 Å². The molecule has 0 fully saturated rings. The fourth-order valence-electron chi connectivity index (χ4n) is 2.68. The Morgan fingerprint density at radius 2 is 2.00 bits per heavy atom. The first-order valence-corrected chi connectivity index (χ1v) is 7.64. The van der Waals surface area contributed by atoms with Gasteiger partial charge in [-0.05, 0) is 36.8 Å². The molecule has 0 saturated carbocycles. The maximum atomic E-state index is 9.26. The van der Waals surface area contributed by atoms with Gasteiger partial charge in [-0.2, -0.15) is 5.26 Å². The maximum absolute atomic E-state index is 9.26. The summed E-state index contributed by atoms with van der Waals surface area (Å²) >= 11 is 0. The predicted molar refractivity (Wildman–Crippen MR) is 94.3 cm³/mol. The number of hydrogen-bond donors (Lipinski definition) is 1. The molecule has 3 aromatic heterocycles. The molecule has 0 aliphatic rings. The van der Waals surface area contributed by atoms with Gasteiger partial charge >= 0.3 is 0 Å². The fraction of sp³-hybridized carbons (Fsp3) is 0.0526. The average molecular weight is 327 g/mol. The maximum Gasteiger partial charge on any atom is 0.183 e. The van der Waals surface area contributed by atoms with Crippen LogP contribution < -0.4 is 5.73 Å². The van der Waals surface area contributed by atoms with Crippen LogP contribution >= 0.6 is 0 Å². The molecule has 4 aromatic rings. The number of furan rings is 1. The van der Waals surface area contributed by atoms with Gasteiger partial charge in [0.1, 0.15) is 17.5 Å². The third kappa shape index (κ3) is 2.58. The number of nitrogens with zero attached hydrogens (tertiary/aromatic N) is 4. The summed E-state index contributed by atoms with van der Waals surface area (Å²) in [6, 6.07) is 13.5. The summed E-state index contributed by atoms with van der Waals surface area (Å²) in [4.78, 5) is 13.1. The fourth-order valence-corrected chi connectivity index (χ4v) is 2.68. The molecule has 3 heterocycles. The second-order valence-electron chi connectivity index (χ2n) is 5.67. The van der Waals surface area contributed by atoms with Crippen LogP contribution in [-0.2, 0) is 0 Å². The Balaban J connectivity index is 1.99. The summed E-state index contributed by atoms with van der Waals surface area (Å²) in [5, 5.41) is 10.2. The number of aromatic nitrogens is 3. The summed E-state index contributed by atoms with van der Waals surface area (Å²) in [5.74, 6) is 0.639. The zero-order valence-electron chi connectivity index (χ0n) is 13.4. The number of benzene rings is 1. The first-order chi connectivity index (χ1) is 12.2. The van der Waals surface area contributed by atoms with Crippen LogP contribution in [0.15, 0.2) is 53.3 Å². The van der Waals surface area contributed by atoms with E-state index in [-0.39, 0.29) is 11.5 Å². The molecule has 6 heteroatoms. The first-order valence-electron chi connectivity index (χ1n) is 7.64. The molecule has 0 unspecified atom stereocenters. The SMILES string of the molecule is Cc1coc(-c2nc(N)c(C#N)nc2-c2ccc3ncccc3c2)c1. The van der Waals surface area contributed by atoms with Gasteiger partial charge in [-0.1, -0.05) is 12.1 Å². The van der Waals surface area contributed by atoms with Crippen LogP contribution in [0.4, 0.5) is 5.82 Å². The van der Waals surface area contributed by atoms with Crippen molar-refractivity contribution in [1.82, 2.24) is 15.0 Å². The van der Waals surface area contributed by atoms with Crippen molar-refractivity contribution in [3.05, 3.63) is 60.1 Å². The number of pyridine rings is 1. The van der Waals surface area contributed by atoms with Crippen LogP contribution in [0.2, 0.25) is 0 Å². The third-order valence-corrected chi connectivity index (χ3v) is 3.87. The molecule has 120 valence electrons. The highest BCUT2D eigenvalue weighted by atomic mass is 16.3. The van der Waals surface area contributed by atoms with Crippen molar-refractivity contribution in [2.24, 2.45) is 0 Å². The molecule has 0 aliphatic carbocycles. The summed E-state index contributed by atoms with van der Waals surface area (Å²) in [6.07, 6.45) is 3.38. The molecule has 0 spiro atoms. The second-order valence-corrected chi connectivity index (χ2v) is 5.67. The standard InChI is InChI=1S/C19H13N5O/c1-11-7-16(25-10-11)18-17(23-15(9-20)19(21)24-18)13-4-5-14-12(8-13)3-2-6-22-14/h2-8,10H,1H3,(H2,21,24). The van der Waals surface area contributed by atoms with Gasteiger partial charge in [0.15, 0.2) is 17.3 Å². The molecule has 2 N–H and O–H groups in total. The van der Waals surface area contributed by atoms with Crippen molar-refractivity contribution < 1.29 is 4.42 Å². The van der Waals surface area contributed by atoms with Crippen LogP contribution in [0.5, 0.6) is 0 Å². The van der Waals surface area contributed by atoms with E-state index in [2.05, 4.69) is 15.0 Å². The third-order valence-electron chi connectivity index (χ3n) is 3.87. The first kappa shape index (κ1) is 14.8. The predicted octanol–water partition coefficient (Wildman–Crippen LogP) is 3.71. The minimum Gasteiger partial charge on any atom is -0.462 e. The molecular formula is C19H13N5O. The van der Waals surface area contributed by atoms with Crippen LogP contribution in [0.25, 0.3) is 33.6 Å². The number of fused-ring (bicyclic) bond motifs is 1. The molecule has 0 saturated heterocycles. The van der Waals surface area contributed by atoms with Crippen molar-refractivity contribution >= 4 is 16.7 Å². The van der Waals surface area contributed by atoms with E-state index in [0.29, 0.717) is 17.1 Å². The van der Waals surface area contributed by atoms with E-state index in [1.807, 2.05) is 49.4 Å². The van der Waals surface area contributed by atoms with Crippen molar-refractivity contribution in [3.63, 3.8) is 0 Å². The van der Waals surface area contributed by atoms with Gasteiger partial charge in [-0.15, -0.1) is 0 Å². The monoisotopic (exact) mass is 327 g/mol. The average Bonchev–Trinajstić information content (AvgIpc) is 3.07. The molecule has 0 amide bonds. The summed E-state index contributed by atoms with van der Waals surface area (Å²) < 4.78 is 5.58. The van der Waals surface area contributed by atoms with Gasteiger partial charge in [0, 0.05) is 17.1 Å². The van der Waals surface area contributed by atoms with Gasteiger partial charge in [-0.25, -0.2) is 9.97 Å². The lowest BCUT2D eigenvalue weighted by molar-refractivity contribution is 0.578. The smallest absolute Gasteiger partial charge is 0.183 e. The zero-order valence-corrected chi connectivity index (χ0v) is 13.4. The molecular weight excluding hydrogens is 314 g/mol. The number of hydrogen-bond acceptors (Lipinski definition) is 6. The number of rotatable bonds is 2. The lowest BCUT2D eigenvalue weighted by atomic mass is 10.0. The molecule has 0 radical (unpaired) electrons. The highest BCUT2D eigenvalue weighted by molar-refractivity contribution is 5.87. The molecule has 25 heavy (non-hydrogen) atoms. The van der Waals surface area contributed by atoms with E-state index in [4.69, 9.17) is 10.2 Å². The molecule has 1 aromatic carbocycles. The highest BCUT2D eigenvalue weighted by Crippen LogP contribution is 2.32. The van der Waals surface area contributed by atoms with E-state index < -0.39 is 0 Å². The quantitative estimate of drug-likeness (QED) is 0.602. The minimum absolute atomic E-state index is 0.0813. The Labute approximate surface area is 143 Å². The lowest BCUT2D eigenvalue weighted by Gasteiger charge is -2.09. The largest absolute Gasteiger partial charge is 0.462 e. The Kier molecular flexibility index (Phi) is 3.40. The highest BCUT2D eigenvalue weighted by Gasteiger charge is 2.18. The van der Waals surface area contributed by atoms with Gasteiger partial charge in [-0.3, -0.25) is 4.98 Å². The number of nitrogens with two attached hydrogens (primary N) is 1. The van der Waals surface area contributed by atoms with Crippen molar-refractivity contribution in [3.8, 4) is 28.8 Å². The van der Waals surface area contributed by atoms with Crippen LogP contribution in [0.1, 0.15) is 11.3 Å². The van der Waals surface area contributed by atoms with Gasteiger partial charge in [0.25, 0.3) is 0 Å². The molecule has 4 rings (SSSR count). The molecule has 0 atom stereocenters. The number of aryl methyl sites for hydroxylation is 1. The number of nitrogen functional groups attached to an aromatic ring is 1. The Morgan fingerprint density at radius 3 is 2.76 bits per heavy atom. The molecule has 6 nitrogen and oxygen atoms in total. The second kappa shape index (κ2) is 5.73. The van der Waals surface area contributed by atoms with E-state index in [9.17, 15) is 5.26 Å². The van der Waals surface area contributed by atoms with E-state index in [1.54, 1.807) is 12.5 Å². The lowest BCUT2D eigenvalue weighted by Crippen LogP contribution is -2.02. The van der Waals surface area contributed by atoms with E-state index in [1.165, 1.54) is 0 Å². The Morgan fingerprint density at radius 1 is 1.12 bits per heavy atom. The number of nitriles is 1. The van der Waals surface area contributed by atoms with Crippen LogP contribution in [-0.4, -0.2) is 15.0 Å². The van der Waals surface area contributed by atoms with Gasteiger partial charge in [0.2, 0.25) is 0 Å². The normalized spacial score (nSPS) is 10.7. The van der Waals surface area contributed by atoms with Crippen molar-refractivity contribution in [1.29, 1.82) is 5.26 Å². The van der Waals surface area contributed by atoms with Gasteiger partial charge < -0.3 is 10.2 Å². The zero-order chi connectivity index (χ0) is 17.4. The molecule has 0 aliphatic heterocycles. The molecule has 0 bridgehead atoms. The van der Waals surface area contributed by atoms with Crippen molar-refractivity contribution in [2.45, 2.75) is 6.92 Å². The number of anilines is 1. The minimum atomic E-state index is 0.0813. The summed E-state index contributed by atoms with van der Waals surface area (Å²) in [7, 11) is 0. The van der Waals surface area contributed by atoms with Crippen LogP contribution in [0, 0.1) is 18.3 Å². The Bertz CT molecular complexity index is 1140. The van der Waals surface area contributed by atoms with Crippen molar-refractivity contribution in [2.75, 3.05) is 5.73 Å². The van der Waals surface area contributed by atoms with E-state index >= 15 is 0 Å². The van der Waals surface area contributed by atoms with Crippen LogP contribution in [0.3, 0.4) is 0 Å².